The molecule has 4 atom stereocenters. The third kappa shape index (κ3) is 2.57. The Morgan fingerprint density at radius 1 is 1.36 bits per heavy atom. The van der Waals surface area contributed by atoms with Gasteiger partial charge in [-0.2, -0.15) is 0 Å². The first-order valence-corrected chi connectivity index (χ1v) is 8.67. The van der Waals surface area contributed by atoms with Crippen molar-refractivity contribution in [1.29, 1.82) is 0 Å². The predicted octanol–water partition coefficient (Wildman–Crippen LogP) is 3.05. The largest absolute Gasteiger partial charge is 0.458 e. The molecule has 0 aromatic rings. The molecule has 2 aliphatic carbocycles. The fraction of sp³-hybridized carbons (Fsp3) is 0.550. The lowest BCUT2D eigenvalue weighted by Gasteiger charge is -2.47. The van der Waals surface area contributed by atoms with Gasteiger partial charge in [-0.05, 0) is 39.7 Å². The fourth-order valence-electron chi connectivity index (χ4n) is 4.35. The van der Waals surface area contributed by atoms with Crippen molar-refractivity contribution in [2.75, 3.05) is 0 Å². The molecule has 1 saturated heterocycles. The molecule has 1 saturated carbocycles. The van der Waals surface area contributed by atoms with Crippen LogP contribution in [0.3, 0.4) is 0 Å². The Morgan fingerprint density at radius 3 is 2.68 bits per heavy atom. The van der Waals surface area contributed by atoms with Gasteiger partial charge in [-0.1, -0.05) is 18.2 Å². The third-order valence-electron chi connectivity index (χ3n) is 5.93. The quantitative estimate of drug-likeness (QED) is 0.437. The van der Waals surface area contributed by atoms with Gasteiger partial charge in [0, 0.05) is 24.0 Å². The molecule has 3 rings (SSSR count). The molecule has 1 heterocycles. The van der Waals surface area contributed by atoms with Crippen LogP contribution in [0.25, 0.3) is 0 Å². The highest BCUT2D eigenvalue weighted by Gasteiger charge is 2.59. The number of hydrogen-bond acceptors (Lipinski definition) is 5. The van der Waals surface area contributed by atoms with Crippen LogP contribution < -0.4 is 0 Å². The van der Waals surface area contributed by atoms with E-state index in [0.717, 1.165) is 11.1 Å². The number of fused-ring (bicyclic) bond motifs is 3. The van der Waals surface area contributed by atoms with Gasteiger partial charge in [0.2, 0.25) is 0 Å². The van der Waals surface area contributed by atoms with Crippen LogP contribution in [-0.2, 0) is 23.9 Å². The minimum absolute atomic E-state index is 0.115. The number of ether oxygens (including phenoxy) is 2. The number of rotatable bonds is 2. The summed E-state index contributed by atoms with van der Waals surface area (Å²) < 4.78 is 11.3. The van der Waals surface area contributed by atoms with Crippen molar-refractivity contribution < 1.29 is 23.9 Å². The van der Waals surface area contributed by atoms with Crippen LogP contribution in [0.5, 0.6) is 0 Å². The molecule has 5 nitrogen and oxygen atoms in total. The van der Waals surface area contributed by atoms with Gasteiger partial charge in [-0.25, -0.2) is 9.59 Å². The number of Topliss-reactive ketones (excluding diaryl/α,β-unsaturated/α-hetero) is 1. The molecule has 0 unspecified atom stereocenters. The second kappa shape index (κ2) is 5.97. The Morgan fingerprint density at radius 2 is 2.04 bits per heavy atom. The van der Waals surface area contributed by atoms with Gasteiger partial charge in [-0.3, -0.25) is 4.79 Å². The van der Waals surface area contributed by atoms with E-state index in [2.05, 4.69) is 6.58 Å². The van der Waals surface area contributed by atoms with Gasteiger partial charge in [0.15, 0.2) is 0 Å². The highest BCUT2D eigenvalue weighted by molar-refractivity contribution is 5.95. The van der Waals surface area contributed by atoms with Crippen LogP contribution in [0.2, 0.25) is 0 Å². The smallest absolute Gasteiger partial charge is 0.334 e. The van der Waals surface area contributed by atoms with Gasteiger partial charge in [0.1, 0.15) is 18.0 Å². The molecule has 0 amide bonds. The SMILES string of the molecule is C=C1C(=O)O[C@H]2C3=C(C)CCC(=O)[C@]3(C)C[C@H](OC(=O)/C(C)=C\C)[C@@H]12. The monoisotopic (exact) mass is 344 g/mol. The van der Waals surface area contributed by atoms with Gasteiger partial charge >= 0.3 is 11.9 Å². The summed E-state index contributed by atoms with van der Waals surface area (Å²) in [5.41, 5.74) is 2.03. The van der Waals surface area contributed by atoms with Crippen molar-refractivity contribution in [3.05, 3.63) is 34.9 Å². The summed E-state index contributed by atoms with van der Waals surface area (Å²) in [4.78, 5) is 37.2. The van der Waals surface area contributed by atoms with E-state index in [1.54, 1.807) is 19.9 Å². The van der Waals surface area contributed by atoms with Gasteiger partial charge in [0.05, 0.1) is 11.3 Å². The van der Waals surface area contributed by atoms with E-state index >= 15 is 0 Å². The van der Waals surface area contributed by atoms with E-state index < -0.39 is 35.5 Å². The molecule has 2 fully saturated rings. The molecule has 1 aliphatic heterocycles. The van der Waals surface area contributed by atoms with E-state index in [1.807, 2.05) is 13.8 Å². The number of carbonyl (C=O) groups is 3. The van der Waals surface area contributed by atoms with Crippen LogP contribution in [0.4, 0.5) is 0 Å². The summed E-state index contributed by atoms with van der Waals surface area (Å²) in [5, 5.41) is 0. The number of allylic oxidation sites excluding steroid dienone is 2. The molecule has 3 aliphatic rings. The van der Waals surface area contributed by atoms with Crippen LogP contribution in [-0.4, -0.2) is 29.9 Å². The van der Waals surface area contributed by atoms with Crippen molar-refractivity contribution in [3.63, 3.8) is 0 Å². The molecule has 134 valence electrons. The topological polar surface area (TPSA) is 69.7 Å². The third-order valence-corrected chi connectivity index (χ3v) is 5.93. The molecule has 5 heteroatoms. The number of esters is 2. The second-order valence-corrected chi connectivity index (χ2v) is 7.45. The minimum atomic E-state index is -0.761. The second-order valence-electron chi connectivity index (χ2n) is 7.45. The molecule has 0 aromatic carbocycles. The summed E-state index contributed by atoms with van der Waals surface area (Å²) >= 11 is 0. The molecular formula is C20H24O5. The maximum absolute atomic E-state index is 12.7. The van der Waals surface area contributed by atoms with Crippen LogP contribution in [0.1, 0.15) is 47.0 Å². The molecular weight excluding hydrogens is 320 g/mol. The summed E-state index contributed by atoms with van der Waals surface area (Å²) in [7, 11) is 0. The fourth-order valence-corrected chi connectivity index (χ4v) is 4.35. The van der Waals surface area contributed by atoms with Crippen molar-refractivity contribution in [3.8, 4) is 0 Å². The predicted molar refractivity (Wildman–Crippen MR) is 91.5 cm³/mol. The van der Waals surface area contributed by atoms with Crippen molar-refractivity contribution in [1.82, 2.24) is 0 Å². The Kier molecular flexibility index (Phi) is 4.21. The Hall–Kier alpha value is -2.17. The zero-order valence-electron chi connectivity index (χ0n) is 15.2. The van der Waals surface area contributed by atoms with E-state index in [4.69, 9.17) is 9.47 Å². The molecule has 0 bridgehead atoms. The van der Waals surface area contributed by atoms with Crippen LogP contribution in [0, 0.1) is 11.3 Å². The van der Waals surface area contributed by atoms with E-state index in [9.17, 15) is 14.4 Å². The Labute approximate surface area is 147 Å². The van der Waals surface area contributed by atoms with Crippen molar-refractivity contribution in [2.45, 2.75) is 59.2 Å². The summed E-state index contributed by atoms with van der Waals surface area (Å²) in [5.74, 6) is -1.22. The summed E-state index contributed by atoms with van der Waals surface area (Å²) in [6.07, 6.45) is 2.02. The zero-order chi connectivity index (χ0) is 18.5. The van der Waals surface area contributed by atoms with E-state index in [-0.39, 0.29) is 5.78 Å². The minimum Gasteiger partial charge on any atom is -0.458 e. The van der Waals surface area contributed by atoms with Crippen LogP contribution in [0.15, 0.2) is 34.9 Å². The van der Waals surface area contributed by atoms with Gasteiger partial charge in [-0.15, -0.1) is 0 Å². The van der Waals surface area contributed by atoms with Crippen molar-refractivity contribution in [2.24, 2.45) is 11.3 Å². The lowest BCUT2D eigenvalue weighted by atomic mass is 9.58. The Balaban J connectivity index is 2.05. The average molecular weight is 344 g/mol. The highest BCUT2D eigenvalue weighted by atomic mass is 16.6. The number of ketones is 1. The first kappa shape index (κ1) is 17.6. The number of carbonyl (C=O) groups excluding carboxylic acids is 3. The average Bonchev–Trinajstić information content (AvgIpc) is 2.85. The summed E-state index contributed by atoms with van der Waals surface area (Å²) in [6.45, 7) is 11.2. The Bertz CT molecular complexity index is 741. The van der Waals surface area contributed by atoms with Gasteiger partial charge in [0.25, 0.3) is 0 Å². The highest BCUT2D eigenvalue weighted by Crippen LogP contribution is 2.54. The molecule has 0 radical (unpaired) electrons. The lowest BCUT2D eigenvalue weighted by Crippen LogP contribution is -2.51. The first-order valence-electron chi connectivity index (χ1n) is 8.67. The molecule has 0 aromatic heterocycles. The van der Waals surface area contributed by atoms with E-state index in [0.29, 0.717) is 30.4 Å². The summed E-state index contributed by atoms with van der Waals surface area (Å²) in [6, 6.07) is 0. The first-order chi connectivity index (χ1) is 11.7. The van der Waals surface area contributed by atoms with Gasteiger partial charge < -0.3 is 9.47 Å². The maximum Gasteiger partial charge on any atom is 0.334 e. The van der Waals surface area contributed by atoms with Crippen molar-refractivity contribution >= 4 is 17.7 Å². The normalized spacial score (nSPS) is 35.3. The molecule has 0 N–H and O–H groups in total. The molecule has 0 spiro atoms. The zero-order valence-corrected chi connectivity index (χ0v) is 15.2. The lowest BCUT2D eigenvalue weighted by molar-refractivity contribution is -0.155. The van der Waals surface area contributed by atoms with E-state index in [1.165, 1.54) is 0 Å². The number of hydrogen-bond donors (Lipinski definition) is 0. The molecule has 25 heavy (non-hydrogen) atoms. The van der Waals surface area contributed by atoms with Crippen LogP contribution >= 0.6 is 0 Å². The standard InChI is InChI=1S/C20H24O5/c1-6-10(2)18(22)24-13-9-20(5)14(21)8-7-11(3)16(20)17-15(13)12(4)19(23)25-17/h6,13,15,17H,4,7-9H2,1-3,5H3/b10-6-/t13-,15+,17+,20-/m0/s1. The maximum atomic E-state index is 12.7.